The highest BCUT2D eigenvalue weighted by atomic mass is 16.5. The Hall–Kier alpha value is -1.02. The van der Waals surface area contributed by atoms with Crippen LogP contribution in [0.15, 0.2) is 18.2 Å². The molecule has 1 aromatic rings. The Kier molecular flexibility index (Phi) is 4.47. The summed E-state index contributed by atoms with van der Waals surface area (Å²) in [6.45, 7) is 5.08. The maximum Gasteiger partial charge on any atom is 0.122 e. The minimum atomic E-state index is 0.246. The van der Waals surface area contributed by atoms with Gasteiger partial charge >= 0.3 is 0 Å². The summed E-state index contributed by atoms with van der Waals surface area (Å²) in [6.07, 6.45) is 1.72. The summed E-state index contributed by atoms with van der Waals surface area (Å²) in [5.41, 5.74) is 2.46. The highest BCUT2D eigenvalue weighted by Gasteiger charge is 2.00. The molecule has 0 aliphatic rings. The van der Waals surface area contributed by atoms with E-state index in [0.29, 0.717) is 6.61 Å². The number of aliphatic hydroxyl groups excluding tert-OH is 1. The van der Waals surface area contributed by atoms with E-state index < -0.39 is 0 Å². The summed E-state index contributed by atoms with van der Waals surface area (Å²) >= 11 is 0. The first-order valence-electron chi connectivity index (χ1n) is 5.05. The summed E-state index contributed by atoms with van der Waals surface area (Å²) < 4.78 is 5.61. The minimum Gasteiger partial charge on any atom is -0.493 e. The zero-order valence-electron chi connectivity index (χ0n) is 8.92. The van der Waals surface area contributed by atoms with Crippen molar-refractivity contribution in [3.63, 3.8) is 0 Å². The average molecular weight is 194 g/mol. The molecule has 0 aromatic heterocycles. The lowest BCUT2D eigenvalue weighted by Gasteiger charge is -2.10. The maximum atomic E-state index is 8.61. The van der Waals surface area contributed by atoms with Crippen molar-refractivity contribution in [2.24, 2.45) is 0 Å². The van der Waals surface area contributed by atoms with Crippen LogP contribution in [0.1, 0.15) is 24.0 Å². The number of unbranched alkanes of at least 4 members (excludes halogenated alkanes) is 1. The predicted octanol–water partition coefficient (Wildman–Crippen LogP) is 2.45. The number of benzene rings is 1. The molecule has 1 rings (SSSR count). The van der Waals surface area contributed by atoms with Crippen LogP contribution in [0.3, 0.4) is 0 Å². The van der Waals surface area contributed by atoms with Gasteiger partial charge in [-0.05, 0) is 43.9 Å². The van der Waals surface area contributed by atoms with E-state index in [2.05, 4.69) is 19.9 Å². The van der Waals surface area contributed by atoms with Crippen LogP contribution in [0.5, 0.6) is 5.75 Å². The van der Waals surface area contributed by atoms with E-state index in [-0.39, 0.29) is 6.61 Å². The molecule has 2 heteroatoms. The number of rotatable bonds is 5. The second-order valence-corrected chi connectivity index (χ2v) is 3.48. The van der Waals surface area contributed by atoms with Crippen LogP contribution >= 0.6 is 0 Å². The van der Waals surface area contributed by atoms with E-state index >= 15 is 0 Å². The Balaban J connectivity index is 2.46. The third-order valence-electron chi connectivity index (χ3n) is 2.36. The van der Waals surface area contributed by atoms with Gasteiger partial charge in [0.2, 0.25) is 0 Å². The van der Waals surface area contributed by atoms with Crippen molar-refractivity contribution in [3.8, 4) is 5.75 Å². The number of aryl methyl sites for hydroxylation is 1. The second kappa shape index (κ2) is 5.66. The van der Waals surface area contributed by atoms with Crippen LogP contribution in [0.25, 0.3) is 0 Å². The monoisotopic (exact) mass is 194 g/mol. The van der Waals surface area contributed by atoms with Crippen molar-refractivity contribution in [1.82, 2.24) is 0 Å². The van der Waals surface area contributed by atoms with Gasteiger partial charge in [-0.25, -0.2) is 0 Å². The Morgan fingerprint density at radius 1 is 1.21 bits per heavy atom. The average Bonchev–Trinajstić information content (AvgIpc) is 2.19. The molecule has 14 heavy (non-hydrogen) atoms. The summed E-state index contributed by atoms with van der Waals surface area (Å²) in [5.74, 6) is 0.961. The van der Waals surface area contributed by atoms with E-state index in [9.17, 15) is 0 Å². The third kappa shape index (κ3) is 3.04. The first kappa shape index (κ1) is 11.1. The first-order valence-corrected chi connectivity index (χ1v) is 5.05. The topological polar surface area (TPSA) is 29.5 Å². The highest BCUT2D eigenvalue weighted by Crippen LogP contribution is 2.20. The Morgan fingerprint density at radius 2 is 2.00 bits per heavy atom. The quantitative estimate of drug-likeness (QED) is 0.729. The molecule has 0 atom stereocenters. The standard InChI is InChI=1S/C12H18O2/c1-10-6-5-7-12(11(10)2)14-9-4-3-8-13/h5-7,13H,3-4,8-9H2,1-2H3. The SMILES string of the molecule is Cc1cccc(OCCCCO)c1C. The van der Waals surface area contributed by atoms with Crippen LogP contribution in [-0.4, -0.2) is 18.3 Å². The van der Waals surface area contributed by atoms with E-state index in [1.54, 1.807) is 0 Å². The van der Waals surface area contributed by atoms with Crippen molar-refractivity contribution >= 4 is 0 Å². The van der Waals surface area contributed by atoms with Crippen LogP contribution in [0, 0.1) is 13.8 Å². The molecule has 0 spiro atoms. The smallest absolute Gasteiger partial charge is 0.122 e. The number of aliphatic hydroxyl groups is 1. The number of hydrogen-bond donors (Lipinski definition) is 1. The molecule has 2 nitrogen and oxygen atoms in total. The molecule has 0 radical (unpaired) electrons. The van der Waals surface area contributed by atoms with Gasteiger partial charge in [0.1, 0.15) is 5.75 Å². The molecule has 0 saturated heterocycles. The van der Waals surface area contributed by atoms with Gasteiger partial charge in [0.05, 0.1) is 6.61 Å². The van der Waals surface area contributed by atoms with E-state index in [1.807, 2.05) is 12.1 Å². The van der Waals surface area contributed by atoms with Gasteiger partial charge < -0.3 is 9.84 Å². The molecule has 0 bridgehead atoms. The van der Waals surface area contributed by atoms with Crippen molar-refractivity contribution in [1.29, 1.82) is 0 Å². The van der Waals surface area contributed by atoms with Crippen molar-refractivity contribution in [3.05, 3.63) is 29.3 Å². The van der Waals surface area contributed by atoms with Crippen molar-refractivity contribution in [2.75, 3.05) is 13.2 Å². The normalized spacial score (nSPS) is 10.2. The molecule has 1 aromatic carbocycles. The van der Waals surface area contributed by atoms with Gasteiger partial charge in [0, 0.05) is 6.61 Å². The lowest BCUT2D eigenvalue weighted by molar-refractivity contribution is 0.252. The van der Waals surface area contributed by atoms with Gasteiger partial charge in [-0.2, -0.15) is 0 Å². The fraction of sp³-hybridized carbons (Fsp3) is 0.500. The summed E-state index contributed by atoms with van der Waals surface area (Å²) in [5, 5.41) is 8.61. The van der Waals surface area contributed by atoms with Crippen LogP contribution in [0.4, 0.5) is 0 Å². The van der Waals surface area contributed by atoms with Gasteiger partial charge in [0.25, 0.3) is 0 Å². The van der Waals surface area contributed by atoms with E-state index in [4.69, 9.17) is 9.84 Å². The predicted molar refractivity (Wildman–Crippen MR) is 57.7 cm³/mol. The Morgan fingerprint density at radius 3 is 2.71 bits per heavy atom. The molecule has 0 aliphatic heterocycles. The van der Waals surface area contributed by atoms with Crippen molar-refractivity contribution in [2.45, 2.75) is 26.7 Å². The Labute approximate surface area is 85.5 Å². The largest absolute Gasteiger partial charge is 0.493 e. The highest BCUT2D eigenvalue weighted by molar-refractivity contribution is 5.38. The van der Waals surface area contributed by atoms with Crippen molar-refractivity contribution < 1.29 is 9.84 Å². The molecule has 0 saturated carbocycles. The Bertz CT molecular complexity index is 282. The summed E-state index contributed by atoms with van der Waals surface area (Å²) in [7, 11) is 0. The molecule has 0 amide bonds. The zero-order chi connectivity index (χ0) is 10.4. The zero-order valence-corrected chi connectivity index (χ0v) is 8.92. The van der Waals surface area contributed by atoms with Gasteiger partial charge in [-0.15, -0.1) is 0 Å². The molecule has 1 N–H and O–H groups in total. The molecule has 0 aliphatic carbocycles. The molecule has 0 heterocycles. The lowest BCUT2D eigenvalue weighted by Crippen LogP contribution is -2.00. The molecule has 78 valence electrons. The summed E-state index contributed by atoms with van der Waals surface area (Å²) in [6, 6.07) is 6.07. The first-order chi connectivity index (χ1) is 6.75. The second-order valence-electron chi connectivity index (χ2n) is 3.48. The lowest BCUT2D eigenvalue weighted by atomic mass is 10.1. The van der Waals surface area contributed by atoms with Crippen LogP contribution < -0.4 is 4.74 Å². The molecule has 0 unspecified atom stereocenters. The van der Waals surface area contributed by atoms with Gasteiger partial charge in [-0.3, -0.25) is 0 Å². The van der Waals surface area contributed by atoms with Gasteiger partial charge in [-0.1, -0.05) is 12.1 Å². The number of ether oxygens (including phenoxy) is 1. The minimum absolute atomic E-state index is 0.246. The number of hydrogen-bond acceptors (Lipinski definition) is 2. The molecular formula is C12H18O2. The maximum absolute atomic E-state index is 8.61. The fourth-order valence-electron chi connectivity index (χ4n) is 1.28. The van der Waals surface area contributed by atoms with E-state index in [1.165, 1.54) is 11.1 Å². The third-order valence-corrected chi connectivity index (χ3v) is 2.36. The fourth-order valence-corrected chi connectivity index (χ4v) is 1.28. The molecular weight excluding hydrogens is 176 g/mol. The van der Waals surface area contributed by atoms with Crippen LogP contribution in [0.2, 0.25) is 0 Å². The van der Waals surface area contributed by atoms with E-state index in [0.717, 1.165) is 18.6 Å². The molecule has 0 fully saturated rings. The van der Waals surface area contributed by atoms with Crippen LogP contribution in [-0.2, 0) is 0 Å². The summed E-state index contributed by atoms with van der Waals surface area (Å²) in [4.78, 5) is 0. The van der Waals surface area contributed by atoms with Gasteiger partial charge in [0.15, 0.2) is 0 Å².